The number of rotatable bonds is 2. The standard InChI is InChI=1S/C17H10F6O/c1-2-15(24,11-5-3-7-13(9-11)16(18,19)20)12-6-4-8-14(10-12)17(21,22)23/h1,3-10,24H. The molecule has 0 saturated heterocycles. The van der Waals surface area contributed by atoms with Crippen LogP contribution >= 0.6 is 0 Å². The summed E-state index contributed by atoms with van der Waals surface area (Å²) in [4.78, 5) is 0. The van der Waals surface area contributed by atoms with E-state index >= 15 is 0 Å². The van der Waals surface area contributed by atoms with Crippen molar-refractivity contribution in [2.75, 3.05) is 0 Å². The average Bonchev–Trinajstić information content (AvgIpc) is 2.53. The molecule has 0 heterocycles. The Morgan fingerprint density at radius 1 is 0.708 bits per heavy atom. The van der Waals surface area contributed by atoms with E-state index in [2.05, 4.69) is 0 Å². The van der Waals surface area contributed by atoms with E-state index in [1.165, 1.54) is 0 Å². The number of hydrogen-bond donors (Lipinski definition) is 1. The van der Waals surface area contributed by atoms with Crippen molar-refractivity contribution in [3.63, 3.8) is 0 Å². The molecule has 2 aromatic rings. The highest BCUT2D eigenvalue weighted by Crippen LogP contribution is 2.37. The Kier molecular flexibility index (Phi) is 4.38. The van der Waals surface area contributed by atoms with Crippen LogP contribution in [0.25, 0.3) is 0 Å². The monoisotopic (exact) mass is 344 g/mol. The van der Waals surface area contributed by atoms with E-state index in [1.54, 1.807) is 0 Å². The predicted octanol–water partition coefficient (Wildman–Crippen LogP) is 4.59. The van der Waals surface area contributed by atoms with Gasteiger partial charge in [-0.05, 0) is 24.3 Å². The summed E-state index contributed by atoms with van der Waals surface area (Å²) in [6.07, 6.45) is -4.14. The molecule has 0 aliphatic heterocycles. The molecule has 0 bridgehead atoms. The zero-order chi connectivity index (χ0) is 18.2. The van der Waals surface area contributed by atoms with Gasteiger partial charge in [-0.3, -0.25) is 0 Å². The molecule has 0 radical (unpaired) electrons. The van der Waals surface area contributed by atoms with Crippen LogP contribution in [0.2, 0.25) is 0 Å². The molecule has 126 valence electrons. The van der Waals surface area contributed by atoms with E-state index in [1.807, 2.05) is 5.92 Å². The van der Waals surface area contributed by atoms with Crippen LogP contribution in [0.4, 0.5) is 26.3 Å². The Balaban J connectivity index is 2.60. The van der Waals surface area contributed by atoms with E-state index in [9.17, 15) is 31.4 Å². The van der Waals surface area contributed by atoms with Gasteiger partial charge < -0.3 is 5.11 Å². The van der Waals surface area contributed by atoms with E-state index in [0.29, 0.717) is 12.1 Å². The lowest BCUT2D eigenvalue weighted by atomic mass is 9.85. The fourth-order valence-corrected chi connectivity index (χ4v) is 2.17. The van der Waals surface area contributed by atoms with Crippen molar-refractivity contribution >= 4 is 0 Å². The van der Waals surface area contributed by atoms with Gasteiger partial charge in [-0.15, -0.1) is 6.42 Å². The Bertz CT molecular complexity index is 725. The van der Waals surface area contributed by atoms with Gasteiger partial charge in [-0.1, -0.05) is 30.2 Å². The van der Waals surface area contributed by atoms with Crippen LogP contribution in [0, 0.1) is 12.3 Å². The molecule has 0 unspecified atom stereocenters. The molecule has 1 nitrogen and oxygen atoms in total. The predicted molar refractivity (Wildman–Crippen MR) is 74.7 cm³/mol. The minimum atomic E-state index is -4.68. The summed E-state index contributed by atoms with van der Waals surface area (Å²) in [5, 5.41) is 10.6. The summed E-state index contributed by atoms with van der Waals surface area (Å²) in [5.41, 5.74) is -5.26. The van der Waals surface area contributed by atoms with Gasteiger partial charge in [0, 0.05) is 11.1 Å². The lowest BCUT2D eigenvalue weighted by molar-refractivity contribution is -0.138. The Hall–Kier alpha value is -2.46. The third-order valence-corrected chi connectivity index (χ3v) is 3.42. The van der Waals surface area contributed by atoms with Crippen LogP contribution in [-0.4, -0.2) is 5.11 Å². The Morgan fingerprint density at radius 3 is 1.33 bits per heavy atom. The summed E-state index contributed by atoms with van der Waals surface area (Å²) in [7, 11) is 0. The minimum Gasteiger partial charge on any atom is -0.369 e. The summed E-state index contributed by atoms with van der Waals surface area (Å²) in [6, 6.07) is 7.05. The second-order valence-electron chi connectivity index (χ2n) is 5.01. The molecule has 0 aromatic heterocycles. The molecule has 2 rings (SSSR count). The highest BCUT2D eigenvalue weighted by Gasteiger charge is 2.37. The van der Waals surface area contributed by atoms with Gasteiger partial charge >= 0.3 is 12.4 Å². The zero-order valence-electron chi connectivity index (χ0n) is 11.9. The summed E-state index contributed by atoms with van der Waals surface area (Å²) < 4.78 is 76.8. The van der Waals surface area contributed by atoms with Crippen molar-refractivity contribution in [2.24, 2.45) is 0 Å². The number of alkyl halides is 6. The van der Waals surface area contributed by atoms with Crippen LogP contribution in [0.15, 0.2) is 48.5 Å². The van der Waals surface area contributed by atoms with E-state index in [4.69, 9.17) is 6.42 Å². The zero-order valence-corrected chi connectivity index (χ0v) is 11.9. The van der Waals surface area contributed by atoms with Crippen LogP contribution in [-0.2, 0) is 18.0 Å². The quantitative estimate of drug-likeness (QED) is 0.624. The fraction of sp³-hybridized carbons (Fsp3) is 0.176. The molecule has 2 aromatic carbocycles. The molecule has 0 amide bonds. The largest absolute Gasteiger partial charge is 0.416 e. The number of hydrogen-bond acceptors (Lipinski definition) is 1. The first-order valence-corrected chi connectivity index (χ1v) is 6.54. The molecule has 0 fully saturated rings. The first-order valence-electron chi connectivity index (χ1n) is 6.54. The topological polar surface area (TPSA) is 20.2 Å². The summed E-state index contributed by atoms with van der Waals surface area (Å²) >= 11 is 0. The molecule has 0 aliphatic carbocycles. The maximum atomic E-state index is 12.8. The van der Waals surface area contributed by atoms with Crippen molar-refractivity contribution < 1.29 is 31.4 Å². The molecular weight excluding hydrogens is 334 g/mol. The second-order valence-corrected chi connectivity index (χ2v) is 5.01. The normalized spacial score (nSPS) is 12.8. The Morgan fingerprint density at radius 2 is 1.04 bits per heavy atom. The number of aliphatic hydroxyl groups is 1. The molecule has 7 heteroatoms. The number of halogens is 6. The van der Waals surface area contributed by atoms with Gasteiger partial charge in [0.2, 0.25) is 0 Å². The number of benzene rings is 2. The van der Waals surface area contributed by atoms with E-state index in [0.717, 1.165) is 36.4 Å². The molecule has 1 N–H and O–H groups in total. The lowest BCUT2D eigenvalue weighted by Gasteiger charge is -2.25. The summed E-state index contributed by atoms with van der Waals surface area (Å²) in [6.45, 7) is 0. The average molecular weight is 344 g/mol. The van der Waals surface area contributed by atoms with Crippen molar-refractivity contribution in [1.82, 2.24) is 0 Å². The maximum absolute atomic E-state index is 12.8. The fourth-order valence-electron chi connectivity index (χ4n) is 2.17. The van der Waals surface area contributed by atoms with Crippen molar-refractivity contribution in [3.05, 3.63) is 70.8 Å². The van der Waals surface area contributed by atoms with Gasteiger partial charge in [0.05, 0.1) is 11.1 Å². The van der Waals surface area contributed by atoms with Crippen LogP contribution < -0.4 is 0 Å². The molecule has 0 saturated carbocycles. The third kappa shape index (κ3) is 3.39. The first kappa shape index (κ1) is 17.9. The molecule has 0 aliphatic rings. The Labute approximate surface area is 133 Å². The summed E-state index contributed by atoms with van der Waals surface area (Å²) in [5.74, 6) is 1.89. The molecule has 24 heavy (non-hydrogen) atoms. The number of terminal acetylenes is 1. The SMILES string of the molecule is C#CC(O)(c1cccc(C(F)(F)F)c1)c1cccc(C(F)(F)F)c1. The van der Waals surface area contributed by atoms with Crippen LogP contribution in [0.1, 0.15) is 22.3 Å². The van der Waals surface area contributed by atoms with Gasteiger partial charge in [-0.2, -0.15) is 26.3 Å². The van der Waals surface area contributed by atoms with Crippen LogP contribution in [0.3, 0.4) is 0 Å². The molecule has 0 spiro atoms. The minimum absolute atomic E-state index is 0.348. The first-order chi connectivity index (χ1) is 11.0. The highest BCUT2D eigenvalue weighted by atomic mass is 19.4. The highest BCUT2D eigenvalue weighted by molar-refractivity contribution is 5.46. The third-order valence-electron chi connectivity index (χ3n) is 3.42. The van der Waals surface area contributed by atoms with Gasteiger partial charge in [0.1, 0.15) is 0 Å². The van der Waals surface area contributed by atoms with Crippen molar-refractivity contribution in [1.29, 1.82) is 0 Å². The van der Waals surface area contributed by atoms with Gasteiger partial charge in [0.25, 0.3) is 0 Å². The van der Waals surface area contributed by atoms with Crippen molar-refractivity contribution in [3.8, 4) is 12.3 Å². The van der Waals surface area contributed by atoms with Crippen LogP contribution in [0.5, 0.6) is 0 Å². The maximum Gasteiger partial charge on any atom is 0.416 e. The molecular formula is C17H10F6O. The van der Waals surface area contributed by atoms with Crippen molar-refractivity contribution in [2.45, 2.75) is 18.0 Å². The van der Waals surface area contributed by atoms with E-state index < -0.39 is 29.1 Å². The smallest absolute Gasteiger partial charge is 0.369 e. The lowest BCUT2D eigenvalue weighted by Crippen LogP contribution is -2.26. The molecule has 0 atom stereocenters. The second kappa shape index (κ2) is 5.87. The van der Waals surface area contributed by atoms with Gasteiger partial charge in [-0.25, -0.2) is 0 Å². The van der Waals surface area contributed by atoms with Gasteiger partial charge in [0.15, 0.2) is 5.60 Å². The van der Waals surface area contributed by atoms with E-state index in [-0.39, 0.29) is 11.1 Å².